The number of para-hydroxylation sites is 2. The smallest absolute Gasteiger partial charge is 0.414 e. The van der Waals surface area contributed by atoms with Crippen LogP contribution in [0.1, 0.15) is 37.3 Å². The molecular weight excluding hydrogens is 526 g/mol. The Kier molecular flexibility index (Phi) is 8.86. The number of nitriles is 1. The SMILES string of the molecule is CC(C)(CC1CNc2ccccc21)NCC(COc1ccccc1C#N)OC(=O)Nc1c[n+](N2CCOCC2)no1. The van der Waals surface area contributed by atoms with Crippen LogP contribution < -0.4 is 30.5 Å². The van der Waals surface area contributed by atoms with E-state index in [1.54, 1.807) is 30.5 Å². The van der Waals surface area contributed by atoms with Gasteiger partial charge in [0.15, 0.2) is 0 Å². The van der Waals surface area contributed by atoms with Gasteiger partial charge in [0.25, 0.3) is 6.20 Å². The van der Waals surface area contributed by atoms with E-state index < -0.39 is 12.2 Å². The molecule has 12 heteroatoms. The predicted octanol–water partition coefficient (Wildman–Crippen LogP) is 2.77. The van der Waals surface area contributed by atoms with Gasteiger partial charge in [-0.15, -0.1) is 5.01 Å². The van der Waals surface area contributed by atoms with Gasteiger partial charge in [-0.25, -0.2) is 4.79 Å². The number of carbonyl (C=O) groups is 1. The normalized spacial score (nSPS) is 17.2. The number of ether oxygens (including phenoxy) is 3. The number of anilines is 2. The largest absolute Gasteiger partial charge is 0.488 e. The average molecular weight is 563 g/mol. The van der Waals surface area contributed by atoms with Crippen LogP contribution in [0.2, 0.25) is 0 Å². The second-order valence-corrected chi connectivity index (χ2v) is 10.8. The van der Waals surface area contributed by atoms with Gasteiger partial charge in [0, 0.05) is 30.2 Å². The number of rotatable bonds is 11. The third kappa shape index (κ3) is 7.45. The molecule has 2 unspecified atom stereocenters. The molecule has 1 aromatic heterocycles. The van der Waals surface area contributed by atoms with E-state index in [4.69, 9.17) is 18.7 Å². The number of carbonyl (C=O) groups excluding carboxylic acids is 1. The van der Waals surface area contributed by atoms with Crippen LogP contribution in [-0.4, -0.2) is 69.0 Å². The van der Waals surface area contributed by atoms with E-state index in [-0.39, 0.29) is 18.0 Å². The summed E-state index contributed by atoms with van der Waals surface area (Å²) in [5.74, 6) is 0.940. The summed E-state index contributed by atoms with van der Waals surface area (Å²) in [5, 5.41) is 25.0. The van der Waals surface area contributed by atoms with Crippen LogP contribution in [0, 0.1) is 11.3 Å². The predicted molar refractivity (Wildman–Crippen MR) is 150 cm³/mol. The Morgan fingerprint density at radius 1 is 1.24 bits per heavy atom. The second kappa shape index (κ2) is 12.9. The highest BCUT2D eigenvalue weighted by Crippen LogP contribution is 2.36. The van der Waals surface area contributed by atoms with Crippen molar-refractivity contribution < 1.29 is 28.3 Å². The first-order valence-corrected chi connectivity index (χ1v) is 13.8. The standard InChI is InChI=1S/C29H35N7O5/c1-29(2,15-22-17-31-25-9-5-4-8-24(22)25)32-18-23(20-39-26-10-6-3-7-21(26)16-30)40-28(37)33-27-19-36(34-41-27)35-11-13-38-14-12-35/h3-10,19,22-23,31-32H,11-15,17-18,20H2,1-2H3/p+1. The first-order chi connectivity index (χ1) is 19.9. The van der Waals surface area contributed by atoms with Crippen LogP contribution in [0.4, 0.5) is 16.4 Å². The Morgan fingerprint density at radius 2 is 2.02 bits per heavy atom. The maximum Gasteiger partial charge on any atom is 0.414 e. The Labute approximate surface area is 239 Å². The zero-order chi connectivity index (χ0) is 28.7. The van der Waals surface area contributed by atoms with E-state index >= 15 is 0 Å². The van der Waals surface area contributed by atoms with Gasteiger partial charge in [0.05, 0.1) is 36.7 Å². The van der Waals surface area contributed by atoms with Crippen molar-refractivity contribution in [2.24, 2.45) is 0 Å². The van der Waals surface area contributed by atoms with Gasteiger partial charge >= 0.3 is 12.0 Å². The van der Waals surface area contributed by atoms with Crippen LogP contribution in [-0.2, 0) is 9.47 Å². The molecule has 0 spiro atoms. The van der Waals surface area contributed by atoms with Crippen LogP contribution in [0.5, 0.6) is 5.75 Å². The number of fused-ring (bicyclic) bond motifs is 1. The van der Waals surface area contributed by atoms with Crippen molar-refractivity contribution in [3.63, 3.8) is 0 Å². The molecule has 3 heterocycles. The molecule has 0 radical (unpaired) electrons. The Hall–Kier alpha value is -4.34. The summed E-state index contributed by atoms with van der Waals surface area (Å²) < 4.78 is 22.3. The lowest BCUT2D eigenvalue weighted by Gasteiger charge is -2.31. The molecule has 2 aliphatic rings. The lowest BCUT2D eigenvalue weighted by atomic mass is 9.87. The minimum Gasteiger partial charge on any atom is -0.488 e. The summed E-state index contributed by atoms with van der Waals surface area (Å²) in [5.41, 5.74) is 2.64. The van der Waals surface area contributed by atoms with E-state index in [0.29, 0.717) is 50.1 Å². The zero-order valence-electron chi connectivity index (χ0n) is 23.3. The molecule has 0 bridgehead atoms. The third-order valence-electron chi connectivity index (χ3n) is 7.17. The van der Waals surface area contributed by atoms with Gasteiger partial charge in [0.1, 0.15) is 24.5 Å². The van der Waals surface area contributed by atoms with Crippen LogP contribution in [0.3, 0.4) is 0 Å². The Bertz CT molecular complexity index is 1370. The molecule has 5 rings (SSSR count). The molecule has 1 amide bonds. The van der Waals surface area contributed by atoms with E-state index in [0.717, 1.165) is 13.0 Å². The number of aromatic nitrogens is 2. The van der Waals surface area contributed by atoms with E-state index in [2.05, 4.69) is 59.3 Å². The van der Waals surface area contributed by atoms with Crippen molar-refractivity contribution in [3.05, 3.63) is 65.9 Å². The summed E-state index contributed by atoms with van der Waals surface area (Å²) in [7, 11) is 0. The third-order valence-corrected chi connectivity index (χ3v) is 7.17. The van der Waals surface area contributed by atoms with Crippen LogP contribution >= 0.6 is 0 Å². The van der Waals surface area contributed by atoms with Gasteiger partial charge in [-0.3, -0.25) is 9.84 Å². The minimum absolute atomic E-state index is 0.0488. The molecule has 0 saturated carbocycles. The van der Waals surface area contributed by atoms with E-state index in [1.807, 2.05) is 11.1 Å². The number of hydrogen-bond donors (Lipinski definition) is 3. The molecule has 2 aliphatic heterocycles. The van der Waals surface area contributed by atoms with Crippen molar-refractivity contribution >= 4 is 17.7 Å². The maximum absolute atomic E-state index is 12.9. The lowest BCUT2D eigenvalue weighted by Crippen LogP contribution is -2.62. The molecule has 2 atom stereocenters. The summed E-state index contributed by atoms with van der Waals surface area (Å²) >= 11 is 0. The van der Waals surface area contributed by atoms with Gasteiger partial charge in [-0.05, 0) is 44.0 Å². The van der Waals surface area contributed by atoms with Gasteiger partial charge in [0.2, 0.25) is 5.27 Å². The highest BCUT2D eigenvalue weighted by Gasteiger charge is 2.30. The summed E-state index contributed by atoms with van der Waals surface area (Å²) in [6.07, 6.45) is 1.10. The fourth-order valence-electron chi connectivity index (χ4n) is 5.09. The molecule has 0 aliphatic carbocycles. The molecule has 41 heavy (non-hydrogen) atoms. The van der Waals surface area contributed by atoms with E-state index in [9.17, 15) is 10.1 Å². The second-order valence-electron chi connectivity index (χ2n) is 10.8. The highest BCUT2D eigenvalue weighted by molar-refractivity contribution is 5.82. The highest BCUT2D eigenvalue weighted by atomic mass is 16.6. The minimum atomic E-state index is -0.703. The molecule has 3 N–H and O–H groups in total. The number of nitrogens with one attached hydrogen (secondary N) is 3. The molecule has 3 aromatic rings. The zero-order valence-corrected chi connectivity index (χ0v) is 23.3. The summed E-state index contributed by atoms with van der Waals surface area (Å²) in [6.45, 7) is 8.04. The lowest BCUT2D eigenvalue weighted by molar-refractivity contribution is -0.759. The molecule has 216 valence electrons. The van der Waals surface area contributed by atoms with Crippen molar-refractivity contribution in [2.45, 2.75) is 37.8 Å². The molecule has 2 aromatic carbocycles. The topological polar surface area (TPSA) is 138 Å². The first-order valence-electron chi connectivity index (χ1n) is 13.8. The molecule has 1 fully saturated rings. The van der Waals surface area contributed by atoms with Gasteiger partial charge in [-0.2, -0.15) is 5.26 Å². The quantitative estimate of drug-likeness (QED) is 0.299. The maximum atomic E-state index is 12.9. The monoisotopic (exact) mass is 562 g/mol. The Balaban J connectivity index is 1.21. The van der Waals surface area contributed by atoms with Crippen molar-refractivity contribution in [3.8, 4) is 11.8 Å². The van der Waals surface area contributed by atoms with Gasteiger partial charge in [-0.1, -0.05) is 30.3 Å². The average Bonchev–Trinajstić information content (AvgIpc) is 3.62. The number of morpholine rings is 1. The molecule has 12 nitrogen and oxygen atoms in total. The molecular formula is C29H36N7O5+. The number of hydrogen-bond acceptors (Lipinski definition) is 10. The molecule has 1 saturated heterocycles. The van der Waals surface area contributed by atoms with Crippen molar-refractivity contribution in [2.75, 3.05) is 61.6 Å². The summed E-state index contributed by atoms with van der Waals surface area (Å²) in [6, 6.07) is 17.5. The Morgan fingerprint density at radius 3 is 2.85 bits per heavy atom. The van der Waals surface area contributed by atoms with Crippen molar-refractivity contribution in [1.82, 2.24) is 10.6 Å². The fourth-order valence-corrected chi connectivity index (χ4v) is 5.09. The number of amides is 1. The van der Waals surface area contributed by atoms with Gasteiger partial charge < -0.3 is 24.8 Å². The summed E-state index contributed by atoms with van der Waals surface area (Å²) in [4.78, 5) is 14.4. The van der Waals surface area contributed by atoms with E-state index in [1.165, 1.54) is 16.0 Å². The van der Waals surface area contributed by atoms with Crippen LogP contribution in [0.15, 0.2) is 59.3 Å². The number of nitrogens with zero attached hydrogens (tertiary/aromatic N) is 4. The van der Waals surface area contributed by atoms with Crippen molar-refractivity contribution in [1.29, 1.82) is 5.26 Å². The van der Waals surface area contributed by atoms with Crippen LogP contribution in [0.25, 0.3) is 0 Å². The fraction of sp³-hybridized carbons (Fsp3) is 0.448. The number of benzene rings is 2. The first kappa shape index (κ1) is 28.2.